The van der Waals surface area contributed by atoms with E-state index in [0.29, 0.717) is 36.9 Å². The zero-order chi connectivity index (χ0) is 19.8. The Morgan fingerprint density at radius 3 is 2.33 bits per heavy atom. The number of carbonyl (C=O) groups is 1. The van der Waals surface area contributed by atoms with Gasteiger partial charge in [0.2, 0.25) is 0 Å². The Morgan fingerprint density at radius 1 is 1.15 bits per heavy atom. The van der Waals surface area contributed by atoms with Gasteiger partial charge in [-0.2, -0.15) is 4.31 Å². The molecule has 0 radical (unpaired) electrons. The Bertz CT molecular complexity index is 936. The normalized spacial score (nSPS) is 16.7. The lowest BCUT2D eigenvalue weighted by Gasteiger charge is -2.33. The third kappa shape index (κ3) is 4.03. The predicted molar refractivity (Wildman–Crippen MR) is 108 cm³/mol. The minimum absolute atomic E-state index is 0.0957. The van der Waals surface area contributed by atoms with Gasteiger partial charge in [-0.25, -0.2) is 8.42 Å². The lowest BCUT2D eigenvalue weighted by Crippen LogP contribution is -2.49. The SMILES string of the molecule is CCc1ccc(S(=O)(=O)N2CCN(CC(=O)c3cc(C)n(C)c3C)CC2)s1. The highest BCUT2D eigenvalue weighted by atomic mass is 32.2. The molecule has 0 aliphatic carbocycles. The van der Waals surface area contributed by atoms with E-state index in [0.717, 1.165) is 28.2 Å². The van der Waals surface area contributed by atoms with Gasteiger partial charge < -0.3 is 4.57 Å². The van der Waals surface area contributed by atoms with Gasteiger partial charge in [-0.15, -0.1) is 11.3 Å². The molecule has 27 heavy (non-hydrogen) atoms. The van der Waals surface area contributed by atoms with E-state index in [1.54, 1.807) is 6.07 Å². The second kappa shape index (κ2) is 7.87. The zero-order valence-corrected chi connectivity index (χ0v) is 18.0. The van der Waals surface area contributed by atoms with Crippen LogP contribution in [0.15, 0.2) is 22.4 Å². The minimum Gasteiger partial charge on any atom is -0.351 e. The standard InChI is InChI=1S/C19H27N3O3S2/c1-5-16-6-7-19(26-16)27(24,25)22-10-8-21(9-11-22)13-18(23)17-12-14(2)20(4)15(17)3/h6-7,12H,5,8-11,13H2,1-4H3. The number of sulfonamides is 1. The molecule has 0 saturated carbocycles. The van der Waals surface area contributed by atoms with Crippen molar-refractivity contribution in [1.82, 2.24) is 13.8 Å². The van der Waals surface area contributed by atoms with E-state index in [1.807, 2.05) is 49.4 Å². The zero-order valence-electron chi connectivity index (χ0n) is 16.4. The summed E-state index contributed by atoms with van der Waals surface area (Å²) in [5.74, 6) is 0.0957. The molecule has 3 rings (SSSR count). The van der Waals surface area contributed by atoms with Crippen LogP contribution in [0.25, 0.3) is 0 Å². The first kappa shape index (κ1) is 20.3. The second-order valence-corrected chi connectivity index (χ2v) is 10.4. The summed E-state index contributed by atoms with van der Waals surface area (Å²) in [6, 6.07) is 5.52. The number of aromatic nitrogens is 1. The highest BCUT2D eigenvalue weighted by Gasteiger charge is 2.30. The van der Waals surface area contributed by atoms with Crippen LogP contribution in [0.4, 0.5) is 0 Å². The number of thiophene rings is 1. The van der Waals surface area contributed by atoms with E-state index in [9.17, 15) is 13.2 Å². The summed E-state index contributed by atoms with van der Waals surface area (Å²) in [4.78, 5) is 15.8. The maximum Gasteiger partial charge on any atom is 0.252 e. The van der Waals surface area contributed by atoms with Gasteiger partial charge in [0, 0.05) is 55.1 Å². The van der Waals surface area contributed by atoms with E-state index in [4.69, 9.17) is 0 Å². The molecule has 3 heterocycles. The van der Waals surface area contributed by atoms with Gasteiger partial charge in [0.15, 0.2) is 5.78 Å². The summed E-state index contributed by atoms with van der Waals surface area (Å²) in [6.07, 6.45) is 0.842. The number of hydrogen-bond donors (Lipinski definition) is 0. The Morgan fingerprint density at radius 2 is 1.81 bits per heavy atom. The molecule has 8 heteroatoms. The van der Waals surface area contributed by atoms with Gasteiger partial charge in [0.25, 0.3) is 10.0 Å². The first-order valence-electron chi connectivity index (χ1n) is 9.21. The topological polar surface area (TPSA) is 62.6 Å². The molecule has 6 nitrogen and oxygen atoms in total. The molecule has 2 aromatic heterocycles. The molecule has 0 bridgehead atoms. The van der Waals surface area contributed by atoms with E-state index in [-0.39, 0.29) is 5.78 Å². The molecule has 0 amide bonds. The summed E-state index contributed by atoms with van der Waals surface area (Å²) < 4.78 is 29.6. The monoisotopic (exact) mass is 409 g/mol. The molecule has 2 aromatic rings. The molecule has 0 spiro atoms. The van der Waals surface area contributed by atoms with Crippen LogP contribution in [0.1, 0.15) is 33.5 Å². The maximum atomic E-state index is 12.8. The van der Waals surface area contributed by atoms with Gasteiger partial charge in [0.1, 0.15) is 4.21 Å². The number of carbonyl (C=O) groups excluding carboxylic acids is 1. The lowest BCUT2D eigenvalue weighted by molar-refractivity contribution is 0.0901. The highest BCUT2D eigenvalue weighted by molar-refractivity contribution is 7.91. The first-order chi connectivity index (χ1) is 12.7. The number of piperazine rings is 1. The summed E-state index contributed by atoms with van der Waals surface area (Å²) in [6.45, 7) is 8.27. The predicted octanol–water partition coefficient (Wildman–Crippen LogP) is 2.46. The summed E-state index contributed by atoms with van der Waals surface area (Å²) in [5, 5.41) is 0. The Hall–Kier alpha value is -1.48. The van der Waals surface area contributed by atoms with E-state index in [1.165, 1.54) is 15.6 Å². The molecule has 148 valence electrons. The quantitative estimate of drug-likeness (QED) is 0.688. The van der Waals surface area contributed by atoms with Crippen molar-refractivity contribution < 1.29 is 13.2 Å². The van der Waals surface area contributed by atoms with Crippen molar-refractivity contribution in [1.29, 1.82) is 0 Å². The van der Waals surface area contributed by atoms with Gasteiger partial charge in [-0.3, -0.25) is 9.69 Å². The number of rotatable bonds is 6. The molecule has 1 aliphatic rings. The van der Waals surface area contributed by atoms with Crippen LogP contribution in [0.2, 0.25) is 0 Å². The highest BCUT2D eigenvalue weighted by Crippen LogP contribution is 2.26. The molecular formula is C19H27N3O3S2. The minimum atomic E-state index is -3.43. The van der Waals surface area contributed by atoms with Crippen LogP contribution in [0, 0.1) is 13.8 Å². The van der Waals surface area contributed by atoms with Gasteiger partial charge in [-0.1, -0.05) is 6.92 Å². The number of ketones is 1. The van der Waals surface area contributed by atoms with Gasteiger partial charge in [0.05, 0.1) is 6.54 Å². The van der Waals surface area contributed by atoms with E-state index >= 15 is 0 Å². The van der Waals surface area contributed by atoms with Crippen LogP contribution in [-0.2, 0) is 23.5 Å². The average Bonchev–Trinajstić information content (AvgIpc) is 3.23. The average molecular weight is 410 g/mol. The van der Waals surface area contributed by atoms with Crippen LogP contribution in [0.3, 0.4) is 0 Å². The smallest absolute Gasteiger partial charge is 0.252 e. The number of nitrogens with zero attached hydrogens (tertiary/aromatic N) is 3. The van der Waals surface area contributed by atoms with Crippen molar-refractivity contribution in [3.05, 3.63) is 40.0 Å². The fourth-order valence-electron chi connectivity index (χ4n) is 3.37. The van der Waals surface area contributed by atoms with Crippen molar-refractivity contribution in [3.63, 3.8) is 0 Å². The molecule has 0 N–H and O–H groups in total. The van der Waals surface area contributed by atoms with Crippen molar-refractivity contribution in [2.24, 2.45) is 7.05 Å². The van der Waals surface area contributed by atoms with Crippen LogP contribution in [-0.4, -0.2) is 60.7 Å². The molecule has 1 fully saturated rings. The second-order valence-electron chi connectivity index (χ2n) is 7.02. The van der Waals surface area contributed by atoms with Gasteiger partial charge in [-0.05, 0) is 38.5 Å². The largest absolute Gasteiger partial charge is 0.351 e. The van der Waals surface area contributed by atoms with Crippen molar-refractivity contribution in [2.75, 3.05) is 32.7 Å². The number of hydrogen-bond acceptors (Lipinski definition) is 5. The molecule has 0 unspecified atom stereocenters. The number of Topliss-reactive ketones (excluding diaryl/α,β-unsaturated/α-hetero) is 1. The lowest BCUT2D eigenvalue weighted by atomic mass is 10.1. The summed E-state index contributed by atoms with van der Waals surface area (Å²) in [7, 11) is -1.47. The molecule has 0 aromatic carbocycles. The number of aryl methyl sites for hydroxylation is 2. The molecule has 1 aliphatic heterocycles. The summed E-state index contributed by atoms with van der Waals surface area (Å²) >= 11 is 1.35. The Balaban J connectivity index is 1.61. The molecule has 0 atom stereocenters. The van der Waals surface area contributed by atoms with E-state index < -0.39 is 10.0 Å². The van der Waals surface area contributed by atoms with Crippen molar-refractivity contribution in [2.45, 2.75) is 31.4 Å². The van der Waals surface area contributed by atoms with Crippen LogP contribution < -0.4 is 0 Å². The fourth-order valence-corrected chi connectivity index (χ4v) is 6.24. The Labute approximate surface area is 165 Å². The molecular weight excluding hydrogens is 382 g/mol. The third-order valence-corrected chi connectivity index (χ3v) is 8.95. The van der Waals surface area contributed by atoms with Crippen molar-refractivity contribution >= 4 is 27.1 Å². The van der Waals surface area contributed by atoms with Gasteiger partial charge >= 0.3 is 0 Å². The van der Waals surface area contributed by atoms with Crippen LogP contribution >= 0.6 is 11.3 Å². The fraction of sp³-hybridized carbons (Fsp3) is 0.526. The van der Waals surface area contributed by atoms with E-state index in [2.05, 4.69) is 0 Å². The summed E-state index contributed by atoms with van der Waals surface area (Å²) in [5.41, 5.74) is 2.80. The molecule has 1 saturated heterocycles. The van der Waals surface area contributed by atoms with Crippen LogP contribution in [0.5, 0.6) is 0 Å². The maximum absolute atomic E-state index is 12.8. The first-order valence-corrected chi connectivity index (χ1v) is 11.5. The van der Waals surface area contributed by atoms with Crippen molar-refractivity contribution in [3.8, 4) is 0 Å². The third-order valence-electron chi connectivity index (χ3n) is 5.35. The Kier molecular flexibility index (Phi) is 5.90.